The molecule has 0 spiro atoms. The quantitative estimate of drug-likeness (QED) is 0.388. The highest BCUT2D eigenvalue weighted by Gasteiger charge is 2.15. The van der Waals surface area contributed by atoms with E-state index in [0.717, 1.165) is 55.7 Å². The number of pyridine rings is 3. The Hall–Kier alpha value is -4.04. The van der Waals surface area contributed by atoms with E-state index in [9.17, 15) is 0 Å². The van der Waals surface area contributed by atoms with Crippen LogP contribution in [0.25, 0.3) is 55.6 Å². The molecule has 0 aliphatic heterocycles. The van der Waals surface area contributed by atoms with Gasteiger partial charge in [-0.05, 0) is 40.6 Å². The smallest absolute Gasteiger partial charge is 0.116 e. The molecule has 6 heterocycles. The molecule has 0 atom stereocenters. The molecule has 0 saturated carbocycles. The Balaban J connectivity index is 1.49. The molecule has 0 saturated heterocycles. The summed E-state index contributed by atoms with van der Waals surface area (Å²) in [6.07, 6.45) is 9.27. The minimum atomic E-state index is 0.854. The van der Waals surface area contributed by atoms with Gasteiger partial charge in [0.2, 0.25) is 0 Å². The van der Waals surface area contributed by atoms with Gasteiger partial charge in [-0.1, -0.05) is 0 Å². The summed E-state index contributed by atoms with van der Waals surface area (Å²) in [6, 6.07) is 8.41. The molecular formula is C24H19N7S. The van der Waals surface area contributed by atoms with E-state index < -0.39 is 0 Å². The first-order valence-corrected chi connectivity index (χ1v) is 11.1. The highest BCUT2D eigenvalue weighted by atomic mass is 32.1. The molecule has 6 aromatic heterocycles. The average molecular weight is 438 g/mol. The van der Waals surface area contributed by atoms with Gasteiger partial charge in [-0.3, -0.25) is 20.1 Å². The Kier molecular flexibility index (Phi) is 4.26. The predicted octanol–water partition coefficient (Wildman–Crippen LogP) is 5.36. The second-order valence-electron chi connectivity index (χ2n) is 7.86. The lowest BCUT2D eigenvalue weighted by molar-refractivity contribution is 1.11. The summed E-state index contributed by atoms with van der Waals surface area (Å²) >= 11 is 1.68. The maximum Gasteiger partial charge on any atom is 0.116 e. The lowest BCUT2D eigenvalue weighted by atomic mass is 10.1. The molecule has 0 aliphatic rings. The van der Waals surface area contributed by atoms with Crippen LogP contribution < -0.4 is 4.90 Å². The summed E-state index contributed by atoms with van der Waals surface area (Å²) in [4.78, 5) is 19.0. The molecule has 0 amide bonds. The molecule has 156 valence electrons. The van der Waals surface area contributed by atoms with Crippen molar-refractivity contribution in [1.29, 1.82) is 0 Å². The van der Waals surface area contributed by atoms with Crippen LogP contribution in [-0.4, -0.2) is 44.2 Å². The van der Waals surface area contributed by atoms with E-state index in [1.165, 1.54) is 5.56 Å². The third-order valence-corrected chi connectivity index (χ3v) is 6.30. The molecule has 0 bridgehead atoms. The Labute approximate surface area is 187 Å². The third kappa shape index (κ3) is 3.04. The van der Waals surface area contributed by atoms with Crippen molar-refractivity contribution in [3.63, 3.8) is 0 Å². The second kappa shape index (κ2) is 7.28. The number of hydrogen-bond acceptors (Lipinski definition) is 6. The molecule has 0 fully saturated rings. The molecule has 6 aromatic rings. The molecule has 8 heteroatoms. The van der Waals surface area contributed by atoms with Crippen molar-refractivity contribution in [3.8, 4) is 33.8 Å². The van der Waals surface area contributed by atoms with Crippen LogP contribution in [0.1, 0.15) is 0 Å². The fourth-order valence-electron chi connectivity index (χ4n) is 3.92. The summed E-state index contributed by atoms with van der Waals surface area (Å²) in [5.74, 6) is 0. The molecule has 0 aliphatic carbocycles. The Morgan fingerprint density at radius 3 is 2.62 bits per heavy atom. The van der Waals surface area contributed by atoms with Crippen LogP contribution in [0, 0.1) is 0 Å². The van der Waals surface area contributed by atoms with E-state index in [1.54, 1.807) is 11.3 Å². The zero-order valence-corrected chi connectivity index (χ0v) is 18.3. The monoisotopic (exact) mass is 437 g/mol. The van der Waals surface area contributed by atoms with Crippen LogP contribution in [0.2, 0.25) is 0 Å². The van der Waals surface area contributed by atoms with Crippen molar-refractivity contribution >= 4 is 38.8 Å². The topological polar surface area (TPSA) is 86.4 Å². The van der Waals surface area contributed by atoms with Gasteiger partial charge in [-0.2, -0.15) is 16.4 Å². The number of fused-ring (bicyclic) bond motifs is 2. The number of anilines is 1. The van der Waals surface area contributed by atoms with Gasteiger partial charge in [-0.15, -0.1) is 0 Å². The van der Waals surface area contributed by atoms with Gasteiger partial charge in [0.25, 0.3) is 0 Å². The van der Waals surface area contributed by atoms with Crippen molar-refractivity contribution in [3.05, 3.63) is 66.0 Å². The maximum absolute atomic E-state index is 4.63. The van der Waals surface area contributed by atoms with Crippen LogP contribution in [0.5, 0.6) is 0 Å². The highest BCUT2D eigenvalue weighted by Crippen LogP contribution is 2.35. The van der Waals surface area contributed by atoms with Crippen LogP contribution in [0.15, 0.2) is 66.0 Å². The number of nitrogens with one attached hydrogen (secondary N) is 2. The van der Waals surface area contributed by atoms with Gasteiger partial charge in [0.1, 0.15) is 5.69 Å². The second-order valence-corrected chi connectivity index (χ2v) is 8.64. The molecule has 2 N–H and O–H groups in total. The highest BCUT2D eigenvalue weighted by molar-refractivity contribution is 7.08. The maximum atomic E-state index is 4.63. The summed E-state index contributed by atoms with van der Waals surface area (Å²) in [7, 11) is 4.00. The minimum Gasteiger partial charge on any atom is -0.376 e. The van der Waals surface area contributed by atoms with E-state index in [2.05, 4.69) is 65.2 Å². The largest absolute Gasteiger partial charge is 0.376 e. The van der Waals surface area contributed by atoms with Crippen LogP contribution in [-0.2, 0) is 0 Å². The number of rotatable bonds is 4. The van der Waals surface area contributed by atoms with E-state index in [0.29, 0.717) is 0 Å². The standard InChI is InChI=1S/C24H19N7S/c1-31(2)16-5-15(8-25-9-16)20-7-18-23(12-27-20)29-30-24(18)21-6-17-19(14-3-4-32-13-14)10-26-11-22(17)28-21/h3-13,28H,1-2H3,(H,29,30). The SMILES string of the molecule is CN(C)c1cncc(-c2cc3c(-c4cc5c(-c6ccsc6)cncc5[nH]4)n[nH]c3cn2)c1. The first-order valence-electron chi connectivity index (χ1n) is 10.1. The average Bonchev–Trinajstić information content (AvgIpc) is 3.57. The zero-order chi connectivity index (χ0) is 21.7. The fourth-order valence-corrected chi connectivity index (χ4v) is 4.57. The number of thiophene rings is 1. The van der Waals surface area contributed by atoms with Crippen LogP contribution in [0.4, 0.5) is 5.69 Å². The first kappa shape index (κ1) is 18.7. The summed E-state index contributed by atoms with van der Waals surface area (Å²) in [5.41, 5.74) is 8.79. The predicted molar refractivity (Wildman–Crippen MR) is 130 cm³/mol. The van der Waals surface area contributed by atoms with Gasteiger partial charge in [-0.25, -0.2) is 0 Å². The lowest BCUT2D eigenvalue weighted by Gasteiger charge is -2.12. The summed E-state index contributed by atoms with van der Waals surface area (Å²) in [5, 5.41) is 14.1. The van der Waals surface area contributed by atoms with E-state index in [4.69, 9.17) is 0 Å². The fraction of sp³-hybridized carbons (Fsp3) is 0.0833. The lowest BCUT2D eigenvalue weighted by Crippen LogP contribution is -2.08. The minimum absolute atomic E-state index is 0.854. The number of aromatic amines is 2. The van der Waals surface area contributed by atoms with Gasteiger partial charge in [0, 0.05) is 48.4 Å². The van der Waals surface area contributed by atoms with Gasteiger partial charge in [0.05, 0.1) is 46.7 Å². The van der Waals surface area contributed by atoms with E-state index in [1.807, 2.05) is 50.0 Å². The summed E-state index contributed by atoms with van der Waals surface area (Å²) in [6.45, 7) is 0. The van der Waals surface area contributed by atoms with Crippen molar-refractivity contribution < 1.29 is 0 Å². The Bertz CT molecular complexity index is 1560. The van der Waals surface area contributed by atoms with Crippen LogP contribution >= 0.6 is 11.3 Å². The van der Waals surface area contributed by atoms with Gasteiger partial charge >= 0.3 is 0 Å². The molecular weight excluding hydrogens is 418 g/mol. The normalized spacial score (nSPS) is 11.4. The molecule has 7 nitrogen and oxygen atoms in total. The first-order chi connectivity index (χ1) is 15.7. The number of nitrogens with zero attached hydrogens (tertiary/aromatic N) is 5. The number of aromatic nitrogens is 6. The van der Waals surface area contributed by atoms with Crippen molar-refractivity contribution in [1.82, 2.24) is 30.1 Å². The third-order valence-electron chi connectivity index (χ3n) is 5.62. The Morgan fingerprint density at radius 1 is 0.875 bits per heavy atom. The molecule has 32 heavy (non-hydrogen) atoms. The summed E-state index contributed by atoms with van der Waals surface area (Å²) < 4.78 is 0. The van der Waals surface area contributed by atoms with Crippen LogP contribution in [0.3, 0.4) is 0 Å². The van der Waals surface area contributed by atoms with Gasteiger partial charge in [0.15, 0.2) is 0 Å². The molecule has 0 unspecified atom stereocenters. The van der Waals surface area contributed by atoms with Gasteiger partial charge < -0.3 is 9.88 Å². The zero-order valence-electron chi connectivity index (χ0n) is 17.5. The van der Waals surface area contributed by atoms with E-state index >= 15 is 0 Å². The van der Waals surface area contributed by atoms with Crippen molar-refractivity contribution in [2.45, 2.75) is 0 Å². The van der Waals surface area contributed by atoms with Crippen molar-refractivity contribution in [2.75, 3.05) is 19.0 Å². The molecule has 0 aromatic carbocycles. The number of hydrogen-bond donors (Lipinski definition) is 2. The Morgan fingerprint density at radius 2 is 1.78 bits per heavy atom. The molecule has 6 rings (SSSR count). The van der Waals surface area contributed by atoms with E-state index in [-0.39, 0.29) is 0 Å². The van der Waals surface area contributed by atoms with Crippen molar-refractivity contribution in [2.24, 2.45) is 0 Å². The molecule has 0 radical (unpaired) electrons. The number of H-pyrrole nitrogens is 2.